The number of nitrogens with one attached hydrogen (secondary N) is 1. The van der Waals surface area contributed by atoms with Crippen molar-refractivity contribution >= 4 is 12.1 Å². The van der Waals surface area contributed by atoms with E-state index in [1.165, 1.54) is 30.5 Å². The van der Waals surface area contributed by atoms with Crippen LogP contribution in [0.1, 0.15) is 30.1 Å². The van der Waals surface area contributed by atoms with Gasteiger partial charge in [-0.2, -0.15) is 18.2 Å². The number of hydrogen-bond donors (Lipinski definition) is 1. The Kier molecular flexibility index (Phi) is 5.73. The standard InChI is InChI=1S/C15H15F3N4O3/c1-9(2)24-20-8-7-19-13(23)11-5-3-10(4-6-11)12-21-14(25-22-12)15(16,17)18/h3-6,8-9H,7H2,1-2H3,(H,19,23)/b20-8-. The van der Waals surface area contributed by atoms with Crippen molar-refractivity contribution in [1.29, 1.82) is 0 Å². The maximum Gasteiger partial charge on any atom is 0.471 e. The van der Waals surface area contributed by atoms with Crippen LogP contribution in [-0.4, -0.2) is 34.9 Å². The lowest BCUT2D eigenvalue weighted by Crippen LogP contribution is -2.25. The topological polar surface area (TPSA) is 89.6 Å². The summed E-state index contributed by atoms with van der Waals surface area (Å²) in [6.45, 7) is 3.81. The van der Waals surface area contributed by atoms with Crippen molar-refractivity contribution in [2.45, 2.75) is 26.1 Å². The van der Waals surface area contributed by atoms with Crippen molar-refractivity contribution in [2.75, 3.05) is 6.54 Å². The molecule has 1 heterocycles. The zero-order valence-electron chi connectivity index (χ0n) is 13.4. The molecular weight excluding hydrogens is 341 g/mol. The summed E-state index contributed by atoms with van der Waals surface area (Å²) in [7, 11) is 0. The Morgan fingerprint density at radius 1 is 1.36 bits per heavy atom. The number of carbonyl (C=O) groups is 1. The number of benzene rings is 1. The van der Waals surface area contributed by atoms with Crippen molar-refractivity contribution in [2.24, 2.45) is 5.16 Å². The summed E-state index contributed by atoms with van der Waals surface area (Å²) >= 11 is 0. The zero-order chi connectivity index (χ0) is 18.4. The zero-order valence-corrected chi connectivity index (χ0v) is 13.4. The molecule has 1 amide bonds. The Bertz CT molecular complexity index is 739. The molecule has 0 saturated carbocycles. The Hall–Kier alpha value is -2.91. The molecule has 25 heavy (non-hydrogen) atoms. The van der Waals surface area contributed by atoms with Gasteiger partial charge in [-0.1, -0.05) is 22.4 Å². The van der Waals surface area contributed by atoms with Gasteiger partial charge < -0.3 is 14.7 Å². The molecule has 7 nitrogen and oxygen atoms in total. The largest absolute Gasteiger partial charge is 0.471 e. The van der Waals surface area contributed by atoms with Crippen LogP contribution in [0.25, 0.3) is 11.4 Å². The number of halogens is 3. The molecule has 0 atom stereocenters. The van der Waals surface area contributed by atoms with Crippen LogP contribution < -0.4 is 5.32 Å². The first-order valence-electron chi connectivity index (χ1n) is 7.24. The first-order chi connectivity index (χ1) is 11.8. The van der Waals surface area contributed by atoms with Gasteiger partial charge in [0.1, 0.15) is 6.10 Å². The Balaban J connectivity index is 1.96. The molecule has 0 aliphatic heterocycles. The van der Waals surface area contributed by atoms with E-state index in [9.17, 15) is 18.0 Å². The predicted octanol–water partition coefficient (Wildman–Crippen LogP) is 2.90. The number of oxime groups is 1. The van der Waals surface area contributed by atoms with Gasteiger partial charge in [0.25, 0.3) is 5.91 Å². The van der Waals surface area contributed by atoms with Crippen molar-refractivity contribution in [3.05, 3.63) is 35.7 Å². The van der Waals surface area contributed by atoms with Gasteiger partial charge in [-0.3, -0.25) is 4.79 Å². The van der Waals surface area contributed by atoms with Crippen LogP contribution in [0.3, 0.4) is 0 Å². The van der Waals surface area contributed by atoms with E-state index >= 15 is 0 Å². The van der Waals surface area contributed by atoms with Crippen molar-refractivity contribution in [3.8, 4) is 11.4 Å². The van der Waals surface area contributed by atoms with E-state index in [0.29, 0.717) is 11.1 Å². The highest BCUT2D eigenvalue weighted by Gasteiger charge is 2.38. The lowest BCUT2D eigenvalue weighted by Gasteiger charge is -2.03. The second-order valence-corrected chi connectivity index (χ2v) is 5.15. The van der Waals surface area contributed by atoms with E-state index in [1.807, 2.05) is 13.8 Å². The van der Waals surface area contributed by atoms with Gasteiger partial charge in [-0.15, -0.1) is 0 Å². The van der Waals surface area contributed by atoms with Gasteiger partial charge in [0.2, 0.25) is 5.82 Å². The van der Waals surface area contributed by atoms with Crippen LogP contribution in [0.15, 0.2) is 33.9 Å². The van der Waals surface area contributed by atoms with Crippen molar-refractivity contribution in [1.82, 2.24) is 15.5 Å². The average Bonchev–Trinajstić information content (AvgIpc) is 3.04. The molecule has 0 unspecified atom stereocenters. The summed E-state index contributed by atoms with van der Waals surface area (Å²) in [5.41, 5.74) is 0.615. The van der Waals surface area contributed by atoms with Crippen LogP contribution in [0.5, 0.6) is 0 Å². The smallest absolute Gasteiger partial charge is 0.393 e. The van der Waals surface area contributed by atoms with E-state index < -0.39 is 12.1 Å². The number of alkyl halides is 3. The lowest BCUT2D eigenvalue weighted by atomic mass is 10.1. The highest BCUT2D eigenvalue weighted by atomic mass is 19.4. The fourth-order valence-corrected chi connectivity index (χ4v) is 1.67. The maximum atomic E-state index is 12.4. The summed E-state index contributed by atoms with van der Waals surface area (Å²) in [5, 5.41) is 9.52. The molecule has 10 heteroatoms. The summed E-state index contributed by atoms with van der Waals surface area (Å²) < 4.78 is 41.5. The second kappa shape index (κ2) is 7.77. The molecule has 134 valence electrons. The third-order valence-corrected chi connectivity index (χ3v) is 2.77. The lowest BCUT2D eigenvalue weighted by molar-refractivity contribution is -0.159. The van der Waals surface area contributed by atoms with E-state index in [0.717, 1.165) is 0 Å². The highest BCUT2D eigenvalue weighted by molar-refractivity contribution is 5.95. The third-order valence-electron chi connectivity index (χ3n) is 2.77. The summed E-state index contributed by atoms with van der Waals surface area (Å²) in [6.07, 6.45) is -3.35. The maximum absolute atomic E-state index is 12.4. The molecular formula is C15H15F3N4O3. The number of amides is 1. The molecule has 2 aromatic rings. The first kappa shape index (κ1) is 18.4. The van der Waals surface area contributed by atoms with Crippen LogP contribution >= 0.6 is 0 Å². The summed E-state index contributed by atoms with van der Waals surface area (Å²) in [5.74, 6) is -2.00. The molecule has 0 spiro atoms. The number of rotatable bonds is 6. The molecule has 2 rings (SSSR count). The molecule has 0 aliphatic rings. The van der Waals surface area contributed by atoms with Crippen LogP contribution in [0, 0.1) is 0 Å². The fraction of sp³-hybridized carbons (Fsp3) is 0.333. The van der Waals surface area contributed by atoms with Gasteiger partial charge in [0, 0.05) is 11.1 Å². The van der Waals surface area contributed by atoms with Gasteiger partial charge in [-0.05, 0) is 26.0 Å². The van der Waals surface area contributed by atoms with Gasteiger partial charge in [0.05, 0.1) is 12.8 Å². The second-order valence-electron chi connectivity index (χ2n) is 5.15. The van der Waals surface area contributed by atoms with Crippen LogP contribution in [0.2, 0.25) is 0 Å². The SMILES string of the molecule is CC(C)O/N=C\CNC(=O)c1ccc(-c2noc(C(F)(F)F)n2)cc1. The normalized spacial score (nSPS) is 11.9. The van der Waals surface area contributed by atoms with Crippen molar-refractivity contribution < 1.29 is 27.3 Å². The quantitative estimate of drug-likeness (QED) is 0.635. The van der Waals surface area contributed by atoms with E-state index in [1.54, 1.807) is 0 Å². The Labute approximate surface area is 140 Å². The van der Waals surface area contributed by atoms with Gasteiger partial charge in [0.15, 0.2) is 0 Å². The van der Waals surface area contributed by atoms with Gasteiger partial charge in [-0.25, -0.2) is 0 Å². The number of aromatic nitrogens is 2. The monoisotopic (exact) mass is 356 g/mol. The average molecular weight is 356 g/mol. The minimum absolute atomic E-state index is 0.0532. The molecule has 1 aromatic heterocycles. The van der Waals surface area contributed by atoms with Crippen LogP contribution in [0.4, 0.5) is 13.2 Å². The predicted molar refractivity (Wildman–Crippen MR) is 81.8 cm³/mol. The van der Waals surface area contributed by atoms with Crippen molar-refractivity contribution in [3.63, 3.8) is 0 Å². The minimum atomic E-state index is -4.70. The Morgan fingerprint density at radius 2 is 2.04 bits per heavy atom. The fourth-order valence-electron chi connectivity index (χ4n) is 1.67. The highest BCUT2D eigenvalue weighted by Crippen LogP contribution is 2.29. The summed E-state index contributed by atoms with van der Waals surface area (Å²) in [6, 6.07) is 5.73. The molecule has 0 fully saturated rings. The third kappa shape index (κ3) is 5.30. The van der Waals surface area contributed by atoms with E-state index in [4.69, 9.17) is 4.84 Å². The summed E-state index contributed by atoms with van der Waals surface area (Å²) in [4.78, 5) is 20.1. The molecule has 1 aromatic carbocycles. The number of nitrogens with zero attached hydrogens (tertiary/aromatic N) is 3. The molecule has 0 saturated heterocycles. The number of hydrogen-bond acceptors (Lipinski definition) is 6. The van der Waals surface area contributed by atoms with Gasteiger partial charge >= 0.3 is 12.1 Å². The molecule has 0 radical (unpaired) electrons. The molecule has 1 N–H and O–H groups in total. The first-order valence-corrected chi connectivity index (χ1v) is 7.24. The van der Waals surface area contributed by atoms with E-state index in [2.05, 4.69) is 25.1 Å². The van der Waals surface area contributed by atoms with E-state index in [-0.39, 0.29) is 24.4 Å². The molecule has 0 bridgehead atoms. The molecule has 0 aliphatic carbocycles. The minimum Gasteiger partial charge on any atom is -0.393 e. The van der Waals surface area contributed by atoms with Crippen LogP contribution in [-0.2, 0) is 11.0 Å². The Morgan fingerprint density at radius 3 is 2.60 bits per heavy atom. The number of carbonyl (C=O) groups excluding carboxylic acids is 1.